The van der Waals surface area contributed by atoms with Gasteiger partial charge < -0.3 is 0 Å². The Hall–Kier alpha value is 0.640. The quantitative estimate of drug-likeness (QED) is 0.656. The van der Waals surface area contributed by atoms with Gasteiger partial charge in [0, 0.05) is 5.75 Å². The zero-order valence-electron chi connectivity index (χ0n) is 8.11. The molecule has 0 aromatic heterocycles. The second kappa shape index (κ2) is 4.76. The van der Waals surface area contributed by atoms with Crippen molar-refractivity contribution in [2.24, 2.45) is 11.3 Å². The Labute approximate surface area is 84.9 Å². The van der Waals surface area contributed by atoms with E-state index in [1.54, 1.807) is 0 Å². The Balaban J connectivity index is 2.41. The van der Waals surface area contributed by atoms with Crippen LogP contribution in [0.4, 0.5) is 0 Å². The molecule has 0 spiro atoms. The number of rotatable bonds is 3. The monoisotopic (exact) mass is 206 g/mol. The highest BCUT2D eigenvalue weighted by Crippen LogP contribution is 2.40. The third-order valence-electron chi connectivity index (χ3n) is 3.14. The first-order chi connectivity index (χ1) is 5.67. The molecule has 0 aliphatic heterocycles. The summed E-state index contributed by atoms with van der Waals surface area (Å²) in [6.45, 7) is 4.72. The van der Waals surface area contributed by atoms with Crippen molar-refractivity contribution in [3.8, 4) is 0 Å². The van der Waals surface area contributed by atoms with Crippen LogP contribution in [-0.4, -0.2) is 5.75 Å². The van der Waals surface area contributed by atoms with Crippen LogP contribution in [0, 0.1) is 11.3 Å². The zero-order valence-corrected chi connectivity index (χ0v) is 9.68. The number of hydrogen-bond acceptors (Lipinski definition) is 1. The van der Waals surface area contributed by atoms with E-state index < -0.39 is 0 Å². The minimum atomic E-state index is 0.451. The van der Waals surface area contributed by atoms with E-state index in [4.69, 9.17) is 10.7 Å². The van der Waals surface area contributed by atoms with E-state index in [1.165, 1.54) is 43.1 Å². The van der Waals surface area contributed by atoms with Gasteiger partial charge in [0.05, 0.1) is 0 Å². The van der Waals surface area contributed by atoms with Crippen LogP contribution in [0.3, 0.4) is 0 Å². The molecule has 1 aliphatic carbocycles. The Morgan fingerprint density at radius 2 is 1.83 bits per heavy atom. The lowest BCUT2D eigenvalue weighted by Gasteiger charge is -2.36. The van der Waals surface area contributed by atoms with Crippen LogP contribution in [0.25, 0.3) is 0 Å². The molecule has 0 saturated heterocycles. The molecule has 0 aromatic rings. The van der Waals surface area contributed by atoms with Crippen molar-refractivity contribution in [1.82, 2.24) is 0 Å². The first-order valence-corrected chi connectivity index (χ1v) is 6.71. The van der Waals surface area contributed by atoms with Crippen LogP contribution < -0.4 is 0 Å². The fraction of sp³-hybridized carbons (Fsp3) is 1.00. The SMILES string of the molecule is CC(C)(CSCl)C1CCCCC1. The predicted octanol–water partition coefficient (Wildman–Crippen LogP) is 4.48. The lowest BCUT2D eigenvalue weighted by atomic mass is 9.72. The molecule has 0 unspecified atom stereocenters. The molecule has 0 N–H and O–H groups in total. The first kappa shape index (κ1) is 10.7. The van der Waals surface area contributed by atoms with Crippen LogP contribution in [0.15, 0.2) is 0 Å². The van der Waals surface area contributed by atoms with E-state index in [9.17, 15) is 0 Å². The van der Waals surface area contributed by atoms with Gasteiger partial charge in [0.15, 0.2) is 0 Å². The molecular formula is C10H19ClS. The topological polar surface area (TPSA) is 0 Å². The van der Waals surface area contributed by atoms with Gasteiger partial charge in [-0.15, -0.1) is 0 Å². The summed E-state index contributed by atoms with van der Waals surface area (Å²) < 4.78 is 0. The normalized spacial score (nSPS) is 21.2. The average Bonchev–Trinajstić information content (AvgIpc) is 2.06. The molecule has 0 heterocycles. The molecule has 0 bridgehead atoms. The van der Waals surface area contributed by atoms with Crippen molar-refractivity contribution in [3.63, 3.8) is 0 Å². The van der Waals surface area contributed by atoms with Gasteiger partial charge >= 0.3 is 0 Å². The second-order valence-corrected chi connectivity index (χ2v) is 5.74. The van der Waals surface area contributed by atoms with Crippen molar-refractivity contribution >= 4 is 21.7 Å². The lowest BCUT2D eigenvalue weighted by Crippen LogP contribution is -2.28. The maximum Gasteiger partial charge on any atom is 0.0139 e. The van der Waals surface area contributed by atoms with E-state index in [1.807, 2.05) is 0 Å². The van der Waals surface area contributed by atoms with Crippen LogP contribution in [0.2, 0.25) is 0 Å². The minimum absolute atomic E-state index is 0.451. The smallest absolute Gasteiger partial charge is 0.0139 e. The highest BCUT2D eigenvalue weighted by molar-refractivity contribution is 8.21. The summed E-state index contributed by atoms with van der Waals surface area (Å²) in [5.41, 5.74) is 0.451. The molecule has 1 aliphatic rings. The van der Waals surface area contributed by atoms with Gasteiger partial charge in [-0.3, -0.25) is 0 Å². The van der Waals surface area contributed by atoms with Gasteiger partial charge in [-0.25, -0.2) is 0 Å². The van der Waals surface area contributed by atoms with Crippen molar-refractivity contribution in [2.75, 3.05) is 5.75 Å². The summed E-state index contributed by atoms with van der Waals surface area (Å²) in [4.78, 5) is 0. The van der Waals surface area contributed by atoms with Gasteiger partial charge in [-0.1, -0.05) is 44.1 Å². The Kier molecular flexibility index (Phi) is 4.25. The van der Waals surface area contributed by atoms with E-state index in [2.05, 4.69) is 13.8 Å². The predicted molar refractivity (Wildman–Crippen MR) is 58.7 cm³/mol. The van der Waals surface area contributed by atoms with Gasteiger partial charge in [-0.2, -0.15) is 0 Å². The fourth-order valence-electron chi connectivity index (χ4n) is 2.14. The third kappa shape index (κ3) is 2.85. The summed E-state index contributed by atoms with van der Waals surface area (Å²) >= 11 is 0. The number of hydrogen-bond donors (Lipinski definition) is 0. The zero-order chi connectivity index (χ0) is 9.03. The molecule has 1 saturated carbocycles. The maximum absolute atomic E-state index is 5.72. The molecule has 0 aromatic carbocycles. The molecule has 72 valence electrons. The van der Waals surface area contributed by atoms with Crippen LogP contribution in [0.5, 0.6) is 0 Å². The van der Waals surface area contributed by atoms with E-state index in [0.717, 1.165) is 11.7 Å². The van der Waals surface area contributed by atoms with Crippen molar-refractivity contribution in [3.05, 3.63) is 0 Å². The highest BCUT2D eigenvalue weighted by Gasteiger charge is 2.30. The standard InChI is InChI=1S/C10H19ClS/c1-10(2,8-12-11)9-6-4-3-5-7-9/h9H,3-8H2,1-2H3. The largest absolute Gasteiger partial charge is 0.0588 e. The number of halogens is 1. The van der Waals surface area contributed by atoms with Gasteiger partial charge in [-0.05, 0) is 34.9 Å². The van der Waals surface area contributed by atoms with Crippen molar-refractivity contribution in [2.45, 2.75) is 46.0 Å². The summed E-state index contributed by atoms with van der Waals surface area (Å²) in [7, 11) is 7.20. The third-order valence-corrected chi connectivity index (χ3v) is 4.32. The van der Waals surface area contributed by atoms with Crippen LogP contribution >= 0.6 is 21.7 Å². The summed E-state index contributed by atoms with van der Waals surface area (Å²) in [5.74, 6) is 2.01. The van der Waals surface area contributed by atoms with Gasteiger partial charge in [0.25, 0.3) is 0 Å². The van der Waals surface area contributed by atoms with Gasteiger partial charge in [0.1, 0.15) is 0 Å². The summed E-state index contributed by atoms with van der Waals surface area (Å²) in [5, 5.41) is 0. The first-order valence-electron chi connectivity index (χ1n) is 4.90. The average molecular weight is 207 g/mol. The van der Waals surface area contributed by atoms with E-state index in [0.29, 0.717) is 5.41 Å². The fourth-order valence-corrected chi connectivity index (χ4v) is 3.50. The Bertz CT molecular complexity index is 128. The second-order valence-electron chi connectivity index (χ2n) is 4.58. The minimum Gasteiger partial charge on any atom is -0.0588 e. The summed E-state index contributed by atoms with van der Waals surface area (Å²) in [6.07, 6.45) is 7.15. The van der Waals surface area contributed by atoms with Crippen LogP contribution in [0.1, 0.15) is 46.0 Å². The summed E-state index contributed by atoms with van der Waals surface area (Å²) in [6, 6.07) is 0. The molecule has 0 nitrogen and oxygen atoms in total. The maximum atomic E-state index is 5.72. The van der Waals surface area contributed by atoms with E-state index >= 15 is 0 Å². The van der Waals surface area contributed by atoms with Gasteiger partial charge in [0.2, 0.25) is 0 Å². The molecule has 12 heavy (non-hydrogen) atoms. The molecule has 0 atom stereocenters. The lowest BCUT2D eigenvalue weighted by molar-refractivity contribution is 0.185. The molecule has 0 radical (unpaired) electrons. The highest BCUT2D eigenvalue weighted by atomic mass is 35.7. The van der Waals surface area contributed by atoms with E-state index in [-0.39, 0.29) is 0 Å². The van der Waals surface area contributed by atoms with Crippen molar-refractivity contribution in [1.29, 1.82) is 0 Å². The van der Waals surface area contributed by atoms with Crippen LogP contribution in [-0.2, 0) is 0 Å². The Morgan fingerprint density at radius 1 is 1.25 bits per heavy atom. The Morgan fingerprint density at radius 3 is 2.33 bits per heavy atom. The molecule has 0 amide bonds. The molecule has 1 fully saturated rings. The van der Waals surface area contributed by atoms with Crippen molar-refractivity contribution < 1.29 is 0 Å². The molecule has 1 rings (SSSR count). The molecule has 2 heteroatoms. The molecular weight excluding hydrogens is 188 g/mol.